The van der Waals surface area contributed by atoms with Crippen LogP contribution in [0.5, 0.6) is 0 Å². The minimum atomic E-state index is 0.743. The molecule has 17 heavy (non-hydrogen) atoms. The van der Waals surface area contributed by atoms with Gasteiger partial charge in [-0.3, -0.25) is 4.79 Å². The second-order valence-corrected chi connectivity index (χ2v) is 3.05. The van der Waals surface area contributed by atoms with Crippen LogP contribution < -0.4 is 0 Å². The SMILES string of the molecule is O=C/C=C/C=C/C=C\C=C/C=C\c1ccco1. The largest absolute Gasteiger partial charge is 0.465 e. The quantitative estimate of drug-likeness (QED) is 0.420. The van der Waals surface area contributed by atoms with Crippen molar-refractivity contribution in [2.45, 2.75) is 0 Å². The summed E-state index contributed by atoms with van der Waals surface area (Å²) < 4.78 is 5.13. The summed E-state index contributed by atoms with van der Waals surface area (Å²) in [4.78, 5) is 9.94. The fourth-order valence-corrected chi connectivity index (χ4v) is 1.03. The van der Waals surface area contributed by atoms with E-state index in [1.165, 1.54) is 6.08 Å². The van der Waals surface area contributed by atoms with Gasteiger partial charge in [0.25, 0.3) is 0 Å². The van der Waals surface area contributed by atoms with E-state index >= 15 is 0 Å². The molecule has 0 spiro atoms. The second kappa shape index (κ2) is 8.92. The van der Waals surface area contributed by atoms with Crippen molar-refractivity contribution in [1.82, 2.24) is 0 Å². The third kappa shape index (κ3) is 6.68. The minimum Gasteiger partial charge on any atom is -0.465 e. The average molecular weight is 226 g/mol. The zero-order valence-electron chi connectivity index (χ0n) is 9.40. The molecule has 0 amide bonds. The maximum atomic E-state index is 9.94. The number of hydrogen-bond acceptors (Lipinski definition) is 2. The van der Waals surface area contributed by atoms with Gasteiger partial charge in [-0.2, -0.15) is 0 Å². The van der Waals surface area contributed by atoms with Crippen LogP contribution in [0.3, 0.4) is 0 Å². The zero-order chi connectivity index (χ0) is 12.2. The molecule has 0 saturated heterocycles. The van der Waals surface area contributed by atoms with Crippen LogP contribution in [0.1, 0.15) is 5.76 Å². The van der Waals surface area contributed by atoms with Gasteiger partial charge in [0.1, 0.15) is 12.0 Å². The third-order valence-corrected chi connectivity index (χ3v) is 1.77. The van der Waals surface area contributed by atoms with Crippen molar-refractivity contribution >= 4 is 12.4 Å². The van der Waals surface area contributed by atoms with Gasteiger partial charge in [0.05, 0.1) is 6.26 Å². The molecule has 0 aliphatic rings. The number of aldehydes is 1. The average Bonchev–Trinajstić information content (AvgIpc) is 2.85. The van der Waals surface area contributed by atoms with E-state index in [1.54, 1.807) is 18.4 Å². The second-order valence-electron chi connectivity index (χ2n) is 3.05. The van der Waals surface area contributed by atoms with Crippen molar-refractivity contribution in [1.29, 1.82) is 0 Å². The summed E-state index contributed by atoms with van der Waals surface area (Å²) in [6.07, 6.45) is 20.5. The first-order chi connectivity index (χ1) is 8.43. The minimum absolute atomic E-state index is 0.743. The lowest BCUT2D eigenvalue weighted by Gasteiger charge is -1.79. The number of allylic oxidation sites excluding steroid dienone is 9. The molecule has 1 rings (SSSR count). The van der Waals surface area contributed by atoms with Crippen molar-refractivity contribution in [3.8, 4) is 0 Å². The topological polar surface area (TPSA) is 30.2 Å². The predicted molar refractivity (Wildman–Crippen MR) is 70.4 cm³/mol. The molecule has 0 bridgehead atoms. The van der Waals surface area contributed by atoms with Crippen molar-refractivity contribution in [2.24, 2.45) is 0 Å². The molecule has 1 aromatic rings. The van der Waals surface area contributed by atoms with Crippen molar-refractivity contribution in [3.63, 3.8) is 0 Å². The van der Waals surface area contributed by atoms with E-state index in [0.29, 0.717) is 0 Å². The van der Waals surface area contributed by atoms with Gasteiger partial charge in [-0.15, -0.1) is 0 Å². The molecule has 0 N–H and O–H groups in total. The molecule has 1 heterocycles. The van der Waals surface area contributed by atoms with Crippen molar-refractivity contribution < 1.29 is 9.21 Å². The molecule has 0 radical (unpaired) electrons. The summed E-state index contributed by atoms with van der Waals surface area (Å²) in [5.74, 6) is 0.831. The molecule has 0 unspecified atom stereocenters. The Bertz CT molecular complexity index is 443. The molecule has 0 aliphatic heterocycles. The highest BCUT2D eigenvalue weighted by molar-refractivity contribution is 5.65. The summed E-state index contributed by atoms with van der Waals surface area (Å²) >= 11 is 0. The maximum absolute atomic E-state index is 9.94. The van der Waals surface area contributed by atoms with Gasteiger partial charge in [-0.1, -0.05) is 48.6 Å². The van der Waals surface area contributed by atoms with Crippen LogP contribution in [0, 0.1) is 0 Å². The highest BCUT2D eigenvalue weighted by Gasteiger charge is 1.83. The first kappa shape index (κ1) is 12.7. The molecule has 0 saturated carbocycles. The fraction of sp³-hybridized carbons (Fsp3) is 0. The van der Waals surface area contributed by atoms with E-state index in [2.05, 4.69) is 0 Å². The van der Waals surface area contributed by atoms with E-state index in [-0.39, 0.29) is 0 Å². The normalized spacial score (nSPS) is 12.9. The molecule has 2 heteroatoms. The Balaban J connectivity index is 2.26. The predicted octanol–water partition coefficient (Wildman–Crippen LogP) is 3.72. The van der Waals surface area contributed by atoms with Crippen LogP contribution in [0.4, 0.5) is 0 Å². The van der Waals surface area contributed by atoms with Gasteiger partial charge < -0.3 is 4.42 Å². The summed E-state index contributed by atoms with van der Waals surface area (Å²) in [5.41, 5.74) is 0. The Morgan fingerprint density at radius 2 is 1.41 bits per heavy atom. The molecular formula is C15H14O2. The molecule has 1 aromatic heterocycles. The number of hydrogen-bond donors (Lipinski definition) is 0. The Labute approximate surface area is 101 Å². The zero-order valence-corrected chi connectivity index (χ0v) is 9.40. The Morgan fingerprint density at radius 1 is 0.824 bits per heavy atom. The Morgan fingerprint density at radius 3 is 1.94 bits per heavy atom. The summed E-state index contributed by atoms with van der Waals surface area (Å²) in [7, 11) is 0. The molecule has 0 atom stereocenters. The van der Waals surface area contributed by atoms with Gasteiger partial charge in [0.15, 0.2) is 0 Å². The first-order valence-electron chi connectivity index (χ1n) is 5.25. The molecule has 2 nitrogen and oxygen atoms in total. The van der Waals surface area contributed by atoms with Crippen molar-refractivity contribution in [3.05, 3.63) is 78.8 Å². The van der Waals surface area contributed by atoms with Crippen molar-refractivity contribution in [2.75, 3.05) is 0 Å². The number of carbonyl (C=O) groups excluding carboxylic acids is 1. The third-order valence-electron chi connectivity index (χ3n) is 1.77. The lowest BCUT2D eigenvalue weighted by atomic mass is 10.3. The number of furan rings is 1. The fourth-order valence-electron chi connectivity index (χ4n) is 1.03. The highest BCUT2D eigenvalue weighted by Crippen LogP contribution is 2.01. The van der Waals surface area contributed by atoms with Gasteiger partial charge in [-0.25, -0.2) is 0 Å². The summed E-state index contributed by atoms with van der Waals surface area (Å²) in [5, 5.41) is 0. The number of carbonyl (C=O) groups is 1. The van der Waals surface area contributed by atoms with Crippen LogP contribution in [0.25, 0.3) is 6.08 Å². The first-order valence-corrected chi connectivity index (χ1v) is 5.25. The summed E-state index contributed by atoms with van der Waals surface area (Å²) in [6.45, 7) is 0. The van der Waals surface area contributed by atoms with Crippen LogP contribution in [0.15, 0.2) is 77.5 Å². The summed E-state index contributed by atoms with van der Waals surface area (Å²) in [6, 6.07) is 3.74. The van der Waals surface area contributed by atoms with E-state index in [0.717, 1.165) is 12.0 Å². The smallest absolute Gasteiger partial charge is 0.142 e. The van der Waals surface area contributed by atoms with Crippen LogP contribution in [0.2, 0.25) is 0 Å². The van der Waals surface area contributed by atoms with E-state index < -0.39 is 0 Å². The lowest BCUT2D eigenvalue weighted by molar-refractivity contribution is -0.104. The van der Waals surface area contributed by atoms with Crippen LogP contribution in [-0.4, -0.2) is 6.29 Å². The van der Waals surface area contributed by atoms with Crippen LogP contribution >= 0.6 is 0 Å². The molecule has 0 aliphatic carbocycles. The van der Waals surface area contributed by atoms with Gasteiger partial charge >= 0.3 is 0 Å². The van der Waals surface area contributed by atoms with E-state index in [1.807, 2.05) is 54.7 Å². The van der Waals surface area contributed by atoms with Gasteiger partial charge in [-0.05, 0) is 24.3 Å². The molecule has 86 valence electrons. The standard InChI is InChI=1S/C15H14O2/c16-13-9-7-5-3-1-2-4-6-8-11-15-12-10-14-17-15/h1-14H/b2-1-,5-3+,6-4-,9-7+,11-8-. The maximum Gasteiger partial charge on any atom is 0.142 e. The Kier molecular flexibility index (Phi) is 6.67. The van der Waals surface area contributed by atoms with E-state index in [4.69, 9.17) is 4.42 Å². The Hall–Kier alpha value is -2.35. The van der Waals surface area contributed by atoms with E-state index in [9.17, 15) is 4.79 Å². The van der Waals surface area contributed by atoms with Gasteiger partial charge in [0.2, 0.25) is 0 Å². The van der Waals surface area contributed by atoms with Gasteiger partial charge in [0, 0.05) is 0 Å². The lowest BCUT2D eigenvalue weighted by Crippen LogP contribution is -1.58. The monoisotopic (exact) mass is 226 g/mol. The number of rotatable bonds is 6. The highest BCUT2D eigenvalue weighted by atomic mass is 16.3. The molecular weight excluding hydrogens is 212 g/mol. The molecule has 0 aromatic carbocycles. The molecule has 0 fully saturated rings. The van der Waals surface area contributed by atoms with Crippen LogP contribution in [-0.2, 0) is 4.79 Å².